The van der Waals surface area contributed by atoms with E-state index in [9.17, 15) is 14.7 Å². The number of hydrogen-bond acceptors (Lipinski definition) is 4. The Bertz CT molecular complexity index is 632. The molecule has 0 aliphatic heterocycles. The number of alkyl carbamates (subject to hydrolysis) is 1. The average Bonchev–Trinajstić information content (AvgIpc) is 2.56. The Labute approximate surface area is 134 Å². The number of pyridine rings is 1. The third-order valence-electron chi connectivity index (χ3n) is 3.19. The van der Waals surface area contributed by atoms with Gasteiger partial charge in [-0.25, -0.2) is 9.59 Å². The summed E-state index contributed by atoms with van der Waals surface area (Å²) in [5.41, 5.74) is 1.63. The highest BCUT2D eigenvalue weighted by Gasteiger charge is 2.21. The molecule has 0 aliphatic rings. The van der Waals surface area contributed by atoms with Crippen LogP contribution in [-0.2, 0) is 22.4 Å². The summed E-state index contributed by atoms with van der Waals surface area (Å²) in [6, 6.07) is 13.6. The highest BCUT2D eigenvalue weighted by atomic mass is 16.5. The molecular formula is C17H18N2O4. The Hall–Kier alpha value is -2.89. The number of carboxylic acid groups (broad SMARTS) is 1. The van der Waals surface area contributed by atoms with Crippen LogP contribution in [0.15, 0.2) is 54.7 Å². The van der Waals surface area contributed by atoms with E-state index in [2.05, 4.69) is 10.3 Å². The number of aliphatic carboxylic acids is 1. The standard InChI is InChI=1S/C17H18N2O4/c20-16(21)15(12-13-6-2-1-3-7-13)19-17(22)23-11-9-14-8-4-5-10-18-14/h1-8,10,15H,9,11-12H2,(H,19,22)(H,20,21). The molecule has 1 unspecified atom stereocenters. The van der Waals surface area contributed by atoms with Gasteiger partial charge in [0.2, 0.25) is 0 Å². The lowest BCUT2D eigenvalue weighted by atomic mass is 10.1. The summed E-state index contributed by atoms with van der Waals surface area (Å²) < 4.78 is 5.01. The Morgan fingerprint density at radius 1 is 1.13 bits per heavy atom. The third-order valence-corrected chi connectivity index (χ3v) is 3.19. The highest BCUT2D eigenvalue weighted by molar-refractivity contribution is 5.80. The van der Waals surface area contributed by atoms with Crippen molar-refractivity contribution in [3.05, 3.63) is 66.0 Å². The van der Waals surface area contributed by atoms with Gasteiger partial charge in [-0.1, -0.05) is 36.4 Å². The first-order valence-corrected chi connectivity index (χ1v) is 7.25. The summed E-state index contributed by atoms with van der Waals surface area (Å²) in [6.07, 6.45) is 1.59. The van der Waals surface area contributed by atoms with Crippen molar-refractivity contribution in [1.82, 2.24) is 10.3 Å². The molecule has 23 heavy (non-hydrogen) atoms. The van der Waals surface area contributed by atoms with Crippen LogP contribution < -0.4 is 5.32 Å². The van der Waals surface area contributed by atoms with Gasteiger partial charge in [0.1, 0.15) is 6.04 Å². The summed E-state index contributed by atoms with van der Waals surface area (Å²) >= 11 is 0. The molecule has 6 nitrogen and oxygen atoms in total. The van der Waals surface area contributed by atoms with E-state index in [1.54, 1.807) is 12.3 Å². The zero-order chi connectivity index (χ0) is 16.5. The number of ether oxygens (including phenoxy) is 1. The number of carboxylic acids is 1. The van der Waals surface area contributed by atoms with E-state index in [1.165, 1.54) is 0 Å². The summed E-state index contributed by atoms with van der Waals surface area (Å²) in [6.45, 7) is 0.139. The summed E-state index contributed by atoms with van der Waals surface area (Å²) in [7, 11) is 0. The number of rotatable bonds is 7. The highest BCUT2D eigenvalue weighted by Crippen LogP contribution is 2.04. The van der Waals surface area contributed by atoms with Gasteiger partial charge in [-0.15, -0.1) is 0 Å². The molecule has 0 saturated heterocycles. The zero-order valence-corrected chi connectivity index (χ0v) is 12.5. The van der Waals surface area contributed by atoms with E-state index in [4.69, 9.17) is 4.74 Å². The maximum absolute atomic E-state index is 11.7. The fourth-order valence-electron chi connectivity index (χ4n) is 2.03. The van der Waals surface area contributed by atoms with Crippen molar-refractivity contribution >= 4 is 12.1 Å². The number of hydrogen-bond donors (Lipinski definition) is 2. The lowest BCUT2D eigenvalue weighted by molar-refractivity contribution is -0.139. The van der Waals surface area contributed by atoms with Gasteiger partial charge < -0.3 is 15.2 Å². The van der Waals surface area contributed by atoms with Crippen molar-refractivity contribution in [3.63, 3.8) is 0 Å². The first-order valence-electron chi connectivity index (χ1n) is 7.25. The molecule has 0 saturated carbocycles. The van der Waals surface area contributed by atoms with Gasteiger partial charge >= 0.3 is 12.1 Å². The summed E-state index contributed by atoms with van der Waals surface area (Å²) in [5.74, 6) is -1.10. The minimum Gasteiger partial charge on any atom is -0.480 e. The quantitative estimate of drug-likeness (QED) is 0.816. The molecule has 0 radical (unpaired) electrons. The Balaban J connectivity index is 1.80. The zero-order valence-electron chi connectivity index (χ0n) is 12.5. The topological polar surface area (TPSA) is 88.5 Å². The lowest BCUT2D eigenvalue weighted by Crippen LogP contribution is -2.42. The fraction of sp³-hybridized carbons (Fsp3) is 0.235. The smallest absolute Gasteiger partial charge is 0.407 e. The second-order valence-corrected chi connectivity index (χ2v) is 4.93. The molecule has 2 rings (SSSR count). The molecule has 2 N–H and O–H groups in total. The van der Waals surface area contributed by atoms with Crippen LogP contribution in [0, 0.1) is 0 Å². The van der Waals surface area contributed by atoms with Gasteiger partial charge in [-0.3, -0.25) is 4.98 Å². The number of amides is 1. The van der Waals surface area contributed by atoms with Crippen molar-refractivity contribution in [1.29, 1.82) is 0 Å². The van der Waals surface area contributed by atoms with E-state index >= 15 is 0 Å². The van der Waals surface area contributed by atoms with E-state index < -0.39 is 18.1 Å². The number of carbonyl (C=O) groups is 2. The molecule has 6 heteroatoms. The fourth-order valence-corrected chi connectivity index (χ4v) is 2.03. The molecule has 1 heterocycles. The van der Waals surface area contributed by atoms with E-state index in [-0.39, 0.29) is 13.0 Å². The van der Waals surface area contributed by atoms with Crippen molar-refractivity contribution in [2.45, 2.75) is 18.9 Å². The van der Waals surface area contributed by atoms with E-state index in [1.807, 2.05) is 42.5 Å². The maximum Gasteiger partial charge on any atom is 0.407 e. The molecule has 0 fully saturated rings. The summed E-state index contributed by atoms with van der Waals surface area (Å²) in [5, 5.41) is 11.6. The third kappa shape index (κ3) is 5.78. The SMILES string of the molecule is O=C(NC(Cc1ccccc1)C(=O)O)OCCc1ccccn1. The van der Waals surface area contributed by atoms with Gasteiger partial charge in [0.15, 0.2) is 0 Å². The van der Waals surface area contributed by atoms with Crippen LogP contribution in [0.3, 0.4) is 0 Å². The van der Waals surface area contributed by atoms with Crippen molar-refractivity contribution in [3.8, 4) is 0 Å². The maximum atomic E-state index is 11.7. The number of nitrogens with zero attached hydrogens (tertiary/aromatic N) is 1. The first kappa shape index (κ1) is 16.5. The molecule has 120 valence electrons. The normalized spacial score (nSPS) is 11.5. The Morgan fingerprint density at radius 2 is 1.87 bits per heavy atom. The van der Waals surface area contributed by atoms with Crippen LogP contribution in [-0.4, -0.2) is 34.8 Å². The molecule has 1 atom stereocenters. The van der Waals surface area contributed by atoms with Crippen molar-refractivity contribution in [2.75, 3.05) is 6.61 Å². The van der Waals surface area contributed by atoms with Crippen molar-refractivity contribution in [2.24, 2.45) is 0 Å². The molecule has 2 aromatic rings. The Morgan fingerprint density at radius 3 is 2.52 bits per heavy atom. The molecule has 0 aliphatic carbocycles. The van der Waals surface area contributed by atoms with Gasteiger partial charge in [0.25, 0.3) is 0 Å². The second kappa shape index (κ2) is 8.53. The predicted octanol–water partition coefficient (Wildman–Crippen LogP) is 2.05. The van der Waals surface area contributed by atoms with Crippen LogP contribution in [0.1, 0.15) is 11.3 Å². The molecule has 1 aromatic carbocycles. The van der Waals surface area contributed by atoms with Crippen LogP contribution in [0.2, 0.25) is 0 Å². The second-order valence-electron chi connectivity index (χ2n) is 4.93. The average molecular weight is 314 g/mol. The largest absolute Gasteiger partial charge is 0.480 e. The van der Waals surface area contributed by atoms with Gasteiger partial charge in [0, 0.05) is 24.7 Å². The van der Waals surface area contributed by atoms with Crippen LogP contribution in [0.4, 0.5) is 4.79 Å². The molecular weight excluding hydrogens is 296 g/mol. The number of benzene rings is 1. The predicted molar refractivity (Wildman–Crippen MR) is 84.0 cm³/mol. The molecule has 0 spiro atoms. The lowest BCUT2D eigenvalue weighted by Gasteiger charge is -2.14. The molecule has 1 amide bonds. The first-order chi connectivity index (χ1) is 11.1. The number of carbonyl (C=O) groups excluding carboxylic acids is 1. The van der Waals surface area contributed by atoms with Crippen LogP contribution in [0.25, 0.3) is 0 Å². The summed E-state index contributed by atoms with van der Waals surface area (Å²) in [4.78, 5) is 27.1. The van der Waals surface area contributed by atoms with Gasteiger partial charge in [-0.2, -0.15) is 0 Å². The minimum absolute atomic E-state index is 0.139. The number of aromatic nitrogens is 1. The monoisotopic (exact) mass is 314 g/mol. The van der Waals surface area contributed by atoms with Crippen LogP contribution in [0.5, 0.6) is 0 Å². The Kier molecular flexibility index (Phi) is 6.11. The van der Waals surface area contributed by atoms with Gasteiger partial charge in [-0.05, 0) is 17.7 Å². The number of nitrogens with one attached hydrogen (secondary N) is 1. The molecule has 1 aromatic heterocycles. The minimum atomic E-state index is -1.10. The van der Waals surface area contributed by atoms with Crippen LogP contribution >= 0.6 is 0 Å². The van der Waals surface area contributed by atoms with E-state index in [0.29, 0.717) is 6.42 Å². The van der Waals surface area contributed by atoms with Crippen molar-refractivity contribution < 1.29 is 19.4 Å². The molecule has 0 bridgehead atoms. The van der Waals surface area contributed by atoms with E-state index in [0.717, 1.165) is 11.3 Å². The van der Waals surface area contributed by atoms with Gasteiger partial charge in [0.05, 0.1) is 6.61 Å².